The summed E-state index contributed by atoms with van der Waals surface area (Å²) in [5, 5.41) is 0. The molecule has 0 spiro atoms. The average molecular weight is 290 g/mol. The first-order valence-corrected chi connectivity index (χ1v) is 8.12. The van der Waals surface area contributed by atoms with E-state index in [2.05, 4.69) is 16.0 Å². The van der Waals surface area contributed by atoms with E-state index >= 15 is 0 Å². The molecule has 96 valence electrons. The van der Waals surface area contributed by atoms with E-state index in [4.69, 9.17) is 0 Å². The number of imidazole rings is 1. The SMILES string of the molecule is Fc1cccc2[nH]c(-c3cc4c(s3)CCSC4)nc12. The molecule has 0 amide bonds. The van der Waals surface area contributed by atoms with E-state index in [-0.39, 0.29) is 5.82 Å². The molecule has 3 heterocycles. The van der Waals surface area contributed by atoms with Gasteiger partial charge in [0.1, 0.15) is 11.3 Å². The van der Waals surface area contributed by atoms with Gasteiger partial charge in [0.05, 0.1) is 10.4 Å². The van der Waals surface area contributed by atoms with E-state index in [9.17, 15) is 4.39 Å². The van der Waals surface area contributed by atoms with E-state index in [0.717, 1.165) is 28.4 Å². The molecule has 0 unspecified atom stereocenters. The van der Waals surface area contributed by atoms with Crippen molar-refractivity contribution in [2.75, 3.05) is 5.75 Å². The standard InChI is InChI=1S/C14H11FN2S2/c15-9-2-1-3-10-13(9)17-14(16-10)12-6-8-7-18-5-4-11(8)19-12/h1-3,6H,4-5,7H2,(H,16,17). The number of aromatic nitrogens is 2. The van der Waals surface area contributed by atoms with Crippen molar-refractivity contribution in [2.45, 2.75) is 12.2 Å². The maximum Gasteiger partial charge on any atom is 0.151 e. The highest BCUT2D eigenvalue weighted by Gasteiger charge is 2.17. The molecule has 0 saturated carbocycles. The fourth-order valence-electron chi connectivity index (χ4n) is 2.38. The maximum atomic E-state index is 13.7. The summed E-state index contributed by atoms with van der Waals surface area (Å²) in [4.78, 5) is 10.2. The van der Waals surface area contributed by atoms with Gasteiger partial charge in [-0.2, -0.15) is 11.8 Å². The van der Waals surface area contributed by atoms with Gasteiger partial charge in [-0.1, -0.05) is 6.07 Å². The number of halogens is 1. The zero-order valence-corrected chi connectivity index (χ0v) is 11.7. The van der Waals surface area contributed by atoms with E-state index in [1.807, 2.05) is 17.8 Å². The number of benzene rings is 1. The molecule has 0 bridgehead atoms. The molecule has 0 fully saturated rings. The monoisotopic (exact) mass is 290 g/mol. The molecule has 0 saturated heterocycles. The van der Waals surface area contributed by atoms with Crippen LogP contribution in [0.25, 0.3) is 21.7 Å². The lowest BCUT2D eigenvalue weighted by molar-refractivity contribution is 0.637. The van der Waals surface area contributed by atoms with Crippen molar-refractivity contribution >= 4 is 34.1 Å². The number of thioether (sulfide) groups is 1. The fraction of sp³-hybridized carbons (Fsp3) is 0.214. The molecule has 5 heteroatoms. The summed E-state index contributed by atoms with van der Waals surface area (Å²) < 4.78 is 13.7. The molecule has 2 nitrogen and oxygen atoms in total. The number of H-pyrrole nitrogens is 1. The molecule has 0 aliphatic carbocycles. The van der Waals surface area contributed by atoms with Crippen LogP contribution in [0.3, 0.4) is 0 Å². The average Bonchev–Trinajstić information content (AvgIpc) is 3.02. The Balaban J connectivity index is 1.85. The Morgan fingerprint density at radius 1 is 1.32 bits per heavy atom. The van der Waals surface area contributed by atoms with E-state index in [1.54, 1.807) is 17.4 Å². The molecule has 2 aromatic heterocycles. The highest BCUT2D eigenvalue weighted by molar-refractivity contribution is 7.98. The van der Waals surface area contributed by atoms with Crippen LogP contribution in [0.15, 0.2) is 24.3 Å². The lowest BCUT2D eigenvalue weighted by Gasteiger charge is -2.08. The Bertz CT molecular complexity index is 736. The van der Waals surface area contributed by atoms with Gasteiger partial charge < -0.3 is 4.98 Å². The van der Waals surface area contributed by atoms with Gasteiger partial charge in [0.15, 0.2) is 5.82 Å². The lowest BCUT2D eigenvalue weighted by atomic mass is 10.2. The smallest absolute Gasteiger partial charge is 0.151 e. The summed E-state index contributed by atoms with van der Waals surface area (Å²) in [5.74, 6) is 2.80. The van der Waals surface area contributed by atoms with Crippen molar-refractivity contribution in [1.29, 1.82) is 0 Å². The van der Waals surface area contributed by atoms with Crippen molar-refractivity contribution < 1.29 is 4.39 Å². The minimum atomic E-state index is -0.267. The zero-order valence-electron chi connectivity index (χ0n) is 10.1. The van der Waals surface area contributed by atoms with Gasteiger partial charge in [0.2, 0.25) is 0 Å². The minimum Gasteiger partial charge on any atom is -0.337 e. The van der Waals surface area contributed by atoms with Gasteiger partial charge in [-0.15, -0.1) is 11.3 Å². The quantitative estimate of drug-likeness (QED) is 0.727. The van der Waals surface area contributed by atoms with Crippen molar-refractivity contribution in [3.8, 4) is 10.7 Å². The molecule has 1 N–H and O–H groups in total. The Hall–Kier alpha value is -1.33. The van der Waals surface area contributed by atoms with Crippen LogP contribution in [0.2, 0.25) is 0 Å². The predicted octanol–water partition coefficient (Wildman–Crippen LogP) is 4.22. The maximum absolute atomic E-state index is 13.7. The number of thiophene rings is 1. The van der Waals surface area contributed by atoms with Gasteiger partial charge in [-0.3, -0.25) is 0 Å². The number of aryl methyl sites for hydroxylation is 1. The van der Waals surface area contributed by atoms with E-state index in [0.29, 0.717) is 5.52 Å². The van der Waals surface area contributed by atoms with Crippen LogP contribution in [-0.2, 0) is 12.2 Å². The molecule has 1 aliphatic heterocycles. The summed E-state index contributed by atoms with van der Waals surface area (Å²) in [7, 11) is 0. The first kappa shape index (κ1) is 11.5. The Labute approximate surface area is 118 Å². The van der Waals surface area contributed by atoms with Gasteiger partial charge in [-0.25, -0.2) is 9.37 Å². The second-order valence-corrected chi connectivity index (χ2v) is 6.82. The van der Waals surface area contributed by atoms with Crippen LogP contribution >= 0.6 is 23.1 Å². The molecule has 0 radical (unpaired) electrons. The molecule has 4 rings (SSSR count). The molecule has 1 aromatic carbocycles. The molecule has 19 heavy (non-hydrogen) atoms. The van der Waals surface area contributed by atoms with Gasteiger partial charge in [0.25, 0.3) is 0 Å². The number of hydrogen-bond acceptors (Lipinski definition) is 3. The van der Waals surface area contributed by atoms with Crippen LogP contribution < -0.4 is 0 Å². The van der Waals surface area contributed by atoms with E-state index < -0.39 is 0 Å². The van der Waals surface area contributed by atoms with Crippen LogP contribution in [0, 0.1) is 5.82 Å². The summed E-state index contributed by atoms with van der Waals surface area (Å²) in [6.07, 6.45) is 1.14. The summed E-state index contributed by atoms with van der Waals surface area (Å²) in [5.41, 5.74) is 2.60. The number of nitrogens with zero attached hydrogens (tertiary/aromatic N) is 1. The van der Waals surface area contributed by atoms with Crippen molar-refractivity contribution in [2.24, 2.45) is 0 Å². The number of fused-ring (bicyclic) bond motifs is 2. The fourth-order valence-corrected chi connectivity index (χ4v) is 4.69. The molecule has 1 aliphatic rings. The topological polar surface area (TPSA) is 28.7 Å². The first-order valence-electron chi connectivity index (χ1n) is 6.15. The zero-order chi connectivity index (χ0) is 12.8. The lowest BCUT2D eigenvalue weighted by Crippen LogP contribution is -1.96. The van der Waals surface area contributed by atoms with Crippen molar-refractivity contribution in [1.82, 2.24) is 9.97 Å². The van der Waals surface area contributed by atoms with E-state index in [1.165, 1.54) is 22.3 Å². The molecular weight excluding hydrogens is 279 g/mol. The Morgan fingerprint density at radius 2 is 2.26 bits per heavy atom. The summed E-state index contributed by atoms with van der Waals surface area (Å²) >= 11 is 3.75. The number of aromatic amines is 1. The second kappa shape index (κ2) is 4.35. The Kier molecular flexibility index (Phi) is 2.63. The van der Waals surface area contributed by atoms with Crippen LogP contribution in [-0.4, -0.2) is 15.7 Å². The third-order valence-corrected chi connectivity index (χ3v) is 5.58. The Morgan fingerprint density at radius 3 is 3.11 bits per heavy atom. The molecule has 0 atom stereocenters. The number of para-hydroxylation sites is 1. The number of nitrogens with one attached hydrogen (secondary N) is 1. The predicted molar refractivity (Wildman–Crippen MR) is 79.2 cm³/mol. The third-order valence-electron chi connectivity index (χ3n) is 3.32. The highest BCUT2D eigenvalue weighted by Crippen LogP contribution is 2.36. The van der Waals surface area contributed by atoms with Gasteiger partial charge >= 0.3 is 0 Å². The van der Waals surface area contributed by atoms with Crippen molar-refractivity contribution in [3.05, 3.63) is 40.5 Å². The number of rotatable bonds is 1. The van der Waals surface area contributed by atoms with Crippen LogP contribution in [0.4, 0.5) is 4.39 Å². The van der Waals surface area contributed by atoms with Crippen LogP contribution in [0.1, 0.15) is 10.4 Å². The highest BCUT2D eigenvalue weighted by atomic mass is 32.2. The molecular formula is C14H11FN2S2. The summed E-state index contributed by atoms with van der Waals surface area (Å²) in [6.45, 7) is 0. The minimum absolute atomic E-state index is 0.267. The van der Waals surface area contributed by atoms with Gasteiger partial charge in [-0.05, 0) is 35.9 Å². The molecule has 3 aromatic rings. The second-order valence-electron chi connectivity index (χ2n) is 4.58. The third kappa shape index (κ3) is 1.88. The van der Waals surface area contributed by atoms with Crippen molar-refractivity contribution in [3.63, 3.8) is 0 Å². The van der Waals surface area contributed by atoms with Crippen LogP contribution in [0.5, 0.6) is 0 Å². The number of hydrogen-bond donors (Lipinski definition) is 1. The normalized spacial score (nSPS) is 14.8. The largest absolute Gasteiger partial charge is 0.337 e. The first-order chi connectivity index (χ1) is 9.31. The summed E-state index contributed by atoms with van der Waals surface area (Å²) in [6, 6.07) is 7.21. The van der Waals surface area contributed by atoms with Gasteiger partial charge in [0, 0.05) is 10.6 Å².